The number of nitrogens with zero attached hydrogens (tertiary/aromatic N) is 1. The Morgan fingerprint density at radius 3 is 2.45 bits per heavy atom. The van der Waals surface area contributed by atoms with Gasteiger partial charge in [0.25, 0.3) is 0 Å². The molecule has 22 heavy (non-hydrogen) atoms. The van der Waals surface area contributed by atoms with Crippen molar-refractivity contribution in [1.29, 1.82) is 0 Å². The van der Waals surface area contributed by atoms with E-state index < -0.39 is 0 Å². The van der Waals surface area contributed by atoms with Crippen LogP contribution in [-0.2, 0) is 9.59 Å². The molecule has 2 amide bonds. The molecule has 0 aromatic heterocycles. The van der Waals surface area contributed by atoms with E-state index in [0.717, 1.165) is 4.47 Å². The summed E-state index contributed by atoms with van der Waals surface area (Å²) >= 11 is 9.15. The first-order valence-corrected chi connectivity index (χ1v) is 7.72. The maximum absolute atomic E-state index is 12.1. The van der Waals surface area contributed by atoms with E-state index in [1.54, 1.807) is 36.4 Å². The Bertz CT molecular complexity index is 689. The second kappa shape index (κ2) is 7.42. The molecule has 0 heterocycles. The van der Waals surface area contributed by atoms with Crippen molar-refractivity contribution >= 4 is 50.7 Å². The first-order valence-electron chi connectivity index (χ1n) is 6.55. The predicted molar refractivity (Wildman–Crippen MR) is 92.3 cm³/mol. The SMILES string of the molecule is CC(=O)N(CC(=O)Nc1ccc(Cl)cc1)c1cccc(Br)c1. The zero-order valence-electron chi connectivity index (χ0n) is 11.8. The van der Waals surface area contributed by atoms with Crippen LogP contribution in [0.2, 0.25) is 5.02 Å². The van der Waals surface area contributed by atoms with E-state index in [9.17, 15) is 9.59 Å². The number of benzene rings is 2. The predicted octanol–water partition coefficient (Wildman–Crippen LogP) is 4.09. The summed E-state index contributed by atoms with van der Waals surface area (Å²) in [7, 11) is 0. The van der Waals surface area contributed by atoms with Gasteiger partial charge in [-0.2, -0.15) is 0 Å². The Hall–Kier alpha value is -1.85. The van der Waals surface area contributed by atoms with Crippen LogP contribution in [0.25, 0.3) is 0 Å². The lowest BCUT2D eigenvalue weighted by Gasteiger charge is -2.21. The van der Waals surface area contributed by atoms with Gasteiger partial charge in [-0.05, 0) is 42.5 Å². The van der Waals surface area contributed by atoms with E-state index in [2.05, 4.69) is 21.2 Å². The average molecular weight is 382 g/mol. The number of hydrogen-bond donors (Lipinski definition) is 1. The molecule has 0 fully saturated rings. The summed E-state index contributed by atoms with van der Waals surface area (Å²) in [6.07, 6.45) is 0. The van der Waals surface area contributed by atoms with Gasteiger partial charge in [-0.1, -0.05) is 33.6 Å². The average Bonchev–Trinajstić information content (AvgIpc) is 2.47. The molecule has 0 saturated carbocycles. The Morgan fingerprint density at radius 1 is 1.18 bits per heavy atom. The molecule has 0 atom stereocenters. The highest BCUT2D eigenvalue weighted by Crippen LogP contribution is 2.20. The molecule has 0 spiro atoms. The molecule has 2 rings (SSSR count). The Morgan fingerprint density at radius 2 is 1.86 bits per heavy atom. The highest BCUT2D eigenvalue weighted by atomic mass is 79.9. The molecule has 0 aliphatic rings. The lowest BCUT2D eigenvalue weighted by atomic mass is 10.2. The smallest absolute Gasteiger partial charge is 0.244 e. The molecule has 0 radical (unpaired) electrons. The van der Waals surface area contributed by atoms with Crippen LogP contribution in [0, 0.1) is 0 Å². The fourth-order valence-electron chi connectivity index (χ4n) is 1.91. The molecule has 0 bridgehead atoms. The summed E-state index contributed by atoms with van der Waals surface area (Å²) in [4.78, 5) is 25.3. The topological polar surface area (TPSA) is 49.4 Å². The number of rotatable bonds is 4. The van der Waals surface area contributed by atoms with Crippen molar-refractivity contribution in [2.75, 3.05) is 16.8 Å². The molecule has 4 nitrogen and oxygen atoms in total. The molecule has 0 aliphatic heterocycles. The lowest BCUT2D eigenvalue weighted by Crippen LogP contribution is -2.36. The quantitative estimate of drug-likeness (QED) is 0.867. The van der Waals surface area contributed by atoms with Gasteiger partial charge in [-0.15, -0.1) is 0 Å². The third-order valence-corrected chi connectivity index (χ3v) is 3.67. The van der Waals surface area contributed by atoms with Gasteiger partial charge < -0.3 is 10.2 Å². The zero-order chi connectivity index (χ0) is 16.1. The van der Waals surface area contributed by atoms with Crippen molar-refractivity contribution in [2.24, 2.45) is 0 Å². The molecular weight excluding hydrogens is 368 g/mol. The molecular formula is C16H14BrClN2O2. The molecule has 6 heteroatoms. The standard InChI is InChI=1S/C16H14BrClN2O2/c1-11(21)20(15-4-2-3-12(17)9-15)10-16(22)19-14-7-5-13(18)6-8-14/h2-9H,10H2,1H3,(H,19,22). The lowest BCUT2D eigenvalue weighted by molar-refractivity contribution is -0.120. The zero-order valence-corrected chi connectivity index (χ0v) is 14.2. The maximum Gasteiger partial charge on any atom is 0.244 e. The maximum atomic E-state index is 12.1. The van der Waals surface area contributed by atoms with Gasteiger partial charge in [0.15, 0.2) is 0 Å². The number of anilines is 2. The van der Waals surface area contributed by atoms with Gasteiger partial charge in [0.2, 0.25) is 11.8 Å². The van der Waals surface area contributed by atoms with Gasteiger partial charge in [0, 0.05) is 27.8 Å². The van der Waals surface area contributed by atoms with Crippen molar-refractivity contribution in [1.82, 2.24) is 0 Å². The molecule has 2 aromatic rings. The summed E-state index contributed by atoms with van der Waals surface area (Å²) in [5, 5.41) is 3.33. The first kappa shape index (κ1) is 16.5. The highest BCUT2D eigenvalue weighted by Gasteiger charge is 2.16. The van der Waals surface area contributed by atoms with Crippen molar-refractivity contribution in [3.63, 3.8) is 0 Å². The van der Waals surface area contributed by atoms with Crippen molar-refractivity contribution in [3.05, 3.63) is 58.0 Å². The fraction of sp³-hybridized carbons (Fsp3) is 0.125. The van der Waals surface area contributed by atoms with Crippen molar-refractivity contribution in [2.45, 2.75) is 6.92 Å². The van der Waals surface area contributed by atoms with Gasteiger partial charge in [0.1, 0.15) is 6.54 Å². The summed E-state index contributed by atoms with van der Waals surface area (Å²) in [5.41, 5.74) is 1.29. The number of halogens is 2. The summed E-state index contributed by atoms with van der Waals surface area (Å²) in [5.74, 6) is -0.484. The normalized spacial score (nSPS) is 10.1. The second-order valence-electron chi connectivity index (χ2n) is 4.64. The molecule has 1 N–H and O–H groups in total. The van der Waals surface area contributed by atoms with Gasteiger partial charge >= 0.3 is 0 Å². The van der Waals surface area contributed by atoms with Crippen LogP contribution < -0.4 is 10.2 Å². The number of nitrogens with one attached hydrogen (secondary N) is 1. The van der Waals surface area contributed by atoms with E-state index in [-0.39, 0.29) is 18.4 Å². The van der Waals surface area contributed by atoms with Crippen LogP contribution in [0.1, 0.15) is 6.92 Å². The van der Waals surface area contributed by atoms with E-state index >= 15 is 0 Å². The van der Waals surface area contributed by atoms with E-state index in [1.165, 1.54) is 11.8 Å². The summed E-state index contributed by atoms with van der Waals surface area (Å²) in [6, 6.07) is 14.0. The van der Waals surface area contributed by atoms with Crippen molar-refractivity contribution < 1.29 is 9.59 Å². The monoisotopic (exact) mass is 380 g/mol. The fourth-order valence-corrected chi connectivity index (χ4v) is 2.42. The third kappa shape index (κ3) is 4.58. The second-order valence-corrected chi connectivity index (χ2v) is 5.99. The Balaban J connectivity index is 2.09. The van der Waals surface area contributed by atoms with Crippen LogP contribution in [-0.4, -0.2) is 18.4 Å². The first-order chi connectivity index (χ1) is 10.5. The van der Waals surface area contributed by atoms with Crippen molar-refractivity contribution in [3.8, 4) is 0 Å². The minimum absolute atomic E-state index is 0.0611. The minimum Gasteiger partial charge on any atom is -0.325 e. The van der Waals surface area contributed by atoms with Crippen LogP contribution in [0.4, 0.5) is 11.4 Å². The molecule has 0 aliphatic carbocycles. The van der Waals surface area contributed by atoms with Crippen LogP contribution in [0.3, 0.4) is 0 Å². The van der Waals surface area contributed by atoms with Gasteiger partial charge in [-0.3, -0.25) is 9.59 Å². The molecule has 0 saturated heterocycles. The Kier molecular flexibility index (Phi) is 5.57. The number of carbonyl (C=O) groups is 2. The highest BCUT2D eigenvalue weighted by molar-refractivity contribution is 9.10. The summed E-state index contributed by atoms with van der Waals surface area (Å²) in [6.45, 7) is 1.37. The number of carbonyl (C=O) groups excluding carboxylic acids is 2. The van der Waals surface area contributed by atoms with Gasteiger partial charge in [0.05, 0.1) is 0 Å². The summed E-state index contributed by atoms with van der Waals surface area (Å²) < 4.78 is 0.842. The Labute approximate surface area is 142 Å². The molecule has 2 aromatic carbocycles. The van der Waals surface area contributed by atoms with Crippen LogP contribution in [0.15, 0.2) is 53.0 Å². The third-order valence-electron chi connectivity index (χ3n) is 2.93. The largest absolute Gasteiger partial charge is 0.325 e. The van der Waals surface area contributed by atoms with Crippen LogP contribution in [0.5, 0.6) is 0 Å². The van der Waals surface area contributed by atoms with E-state index in [4.69, 9.17) is 11.6 Å². The number of amides is 2. The van der Waals surface area contributed by atoms with Gasteiger partial charge in [-0.25, -0.2) is 0 Å². The molecule has 0 unspecified atom stereocenters. The number of hydrogen-bond acceptors (Lipinski definition) is 2. The van der Waals surface area contributed by atoms with Crippen LogP contribution >= 0.6 is 27.5 Å². The van der Waals surface area contributed by atoms with E-state index in [1.807, 2.05) is 12.1 Å². The molecule has 114 valence electrons. The minimum atomic E-state index is -0.280. The van der Waals surface area contributed by atoms with E-state index in [0.29, 0.717) is 16.4 Å².